The molecular weight excluding hydrogens is 248 g/mol. The minimum Gasteiger partial charge on any atom is -0.474 e. The average Bonchev–Trinajstić information content (AvgIpc) is 3.24. The molecule has 2 aliphatic rings. The van der Waals surface area contributed by atoms with Crippen LogP contribution in [-0.4, -0.2) is 17.1 Å². The first-order chi connectivity index (χ1) is 9.62. The molecule has 0 saturated heterocycles. The van der Waals surface area contributed by atoms with Gasteiger partial charge in [-0.25, -0.2) is 4.98 Å². The zero-order chi connectivity index (χ0) is 14.0. The molecule has 0 bridgehead atoms. The van der Waals surface area contributed by atoms with E-state index in [0.29, 0.717) is 11.5 Å². The largest absolute Gasteiger partial charge is 0.474 e. The predicted octanol–water partition coefficient (Wildman–Crippen LogP) is 3.68. The molecule has 3 nitrogen and oxygen atoms in total. The quantitative estimate of drug-likeness (QED) is 0.889. The van der Waals surface area contributed by atoms with Gasteiger partial charge in [0, 0.05) is 24.3 Å². The zero-order valence-electron chi connectivity index (χ0n) is 12.7. The van der Waals surface area contributed by atoms with Gasteiger partial charge in [-0.2, -0.15) is 0 Å². The topological polar surface area (TPSA) is 34.1 Å². The van der Waals surface area contributed by atoms with Crippen LogP contribution in [0.25, 0.3) is 0 Å². The fourth-order valence-corrected chi connectivity index (χ4v) is 2.86. The van der Waals surface area contributed by atoms with E-state index in [2.05, 4.69) is 30.2 Å². The molecule has 2 aliphatic carbocycles. The Bertz CT molecular complexity index is 444. The molecule has 110 valence electrons. The number of hydrogen-bond acceptors (Lipinski definition) is 3. The summed E-state index contributed by atoms with van der Waals surface area (Å²) < 4.78 is 6.18. The molecule has 1 aromatic rings. The van der Waals surface area contributed by atoms with E-state index < -0.39 is 0 Å². The van der Waals surface area contributed by atoms with Crippen molar-refractivity contribution in [3.8, 4) is 5.88 Å². The highest BCUT2D eigenvalue weighted by Gasteiger charge is 2.28. The summed E-state index contributed by atoms with van der Waals surface area (Å²) in [5, 5.41) is 3.54. The molecule has 2 fully saturated rings. The molecule has 0 unspecified atom stereocenters. The molecular formula is C17H26N2O. The minimum atomic E-state index is 0.345. The first-order valence-corrected chi connectivity index (χ1v) is 7.96. The summed E-state index contributed by atoms with van der Waals surface area (Å²) >= 11 is 0. The maximum absolute atomic E-state index is 6.18. The van der Waals surface area contributed by atoms with Gasteiger partial charge in [-0.3, -0.25) is 0 Å². The van der Waals surface area contributed by atoms with Crippen LogP contribution in [0.5, 0.6) is 5.88 Å². The molecule has 0 spiro atoms. The standard InChI is InChI=1S/C17H26N2O/c1-17(2)9-7-15(8-10-17)20-16-13(4-3-11-18-16)12-19-14-5-6-14/h3-4,11,14-15,19H,5-10,12H2,1-2H3. The van der Waals surface area contributed by atoms with Gasteiger partial charge >= 0.3 is 0 Å². The molecule has 0 radical (unpaired) electrons. The molecule has 1 N–H and O–H groups in total. The number of nitrogens with zero attached hydrogens (tertiary/aromatic N) is 1. The summed E-state index contributed by atoms with van der Waals surface area (Å²) in [4.78, 5) is 4.45. The predicted molar refractivity (Wildman–Crippen MR) is 80.8 cm³/mol. The van der Waals surface area contributed by atoms with Crippen LogP contribution in [0.1, 0.15) is 57.9 Å². The third kappa shape index (κ3) is 3.72. The molecule has 3 rings (SSSR count). The number of pyridine rings is 1. The van der Waals surface area contributed by atoms with Crippen LogP contribution in [0, 0.1) is 5.41 Å². The van der Waals surface area contributed by atoms with Crippen LogP contribution >= 0.6 is 0 Å². The monoisotopic (exact) mass is 274 g/mol. The van der Waals surface area contributed by atoms with Crippen molar-refractivity contribution < 1.29 is 4.74 Å². The Morgan fingerprint density at radius 1 is 1.25 bits per heavy atom. The fraction of sp³-hybridized carbons (Fsp3) is 0.706. The van der Waals surface area contributed by atoms with Crippen molar-refractivity contribution in [3.05, 3.63) is 23.9 Å². The van der Waals surface area contributed by atoms with E-state index in [4.69, 9.17) is 4.74 Å². The molecule has 1 aromatic heterocycles. The second-order valence-corrected chi connectivity index (χ2v) is 7.10. The number of ether oxygens (including phenoxy) is 1. The first kappa shape index (κ1) is 13.9. The smallest absolute Gasteiger partial charge is 0.218 e. The number of rotatable bonds is 5. The summed E-state index contributed by atoms with van der Waals surface area (Å²) in [5.41, 5.74) is 1.68. The van der Waals surface area contributed by atoms with E-state index in [1.807, 2.05) is 12.3 Å². The second-order valence-electron chi connectivity index (χ2n) is 7.10. The van der Waals surface area contributed by atoms with Crippen LogP contribution in [0.3, 0.4) is 0 Å². The highest BCUT2D eigenvalue weighted by molar-refractivity contribution is 5.25. The van der Waals surface area contributed by atoms with E-state index >= 15 is 0 Å². The maximum atomic E-state index is 6.18. The average molecular weight is 274 g/mol. The van der Waals surface area contributed by atoms with Crippen molar-refractivity contribution in [2.24, 2.45) is 5.41 Å². The van der Waals surface area contributed by atoms with Gasteiger partial charge in [-0.15, -0.1) is 0 Å². The van der Waals surface area contributed by atoms with Crippen molar-refractivity contribution in [1.82, 2.24) is 10.3 Å². The number of aromatic nitrogens is 1. The van der Waals surface area contributed by atoms with Crippen LogP contribution in [0.2, 0.25) is 0 Å². The third-order valence-electron chi connectivity index (χ3n) is 4.57. The molecule has 0 aromatic carbocycles. The van der Waals surface area contributed by atoms with Gasteiger partial charge in [0.25, 0.3) is 0 Å². The Morgan fingerprint density at radius 3 is 2.70 bits per heavy atom. The fourth-order valence-electron chi connectivity index (χ4n) is 2.86. The van der Waals surface area contributed by atoms with Crippen LogP contribution < -0.4 is 10.1 Å². The van der Waals surface area contributed by atoms with Crippen LogP contribution in [-0.2, 0) is 6.54 Å². The SMILES string of the molecule is CC1(C)CCC(Oc2ncccc2CNC2CC2)CC1. The van der Waals surface area contributed by atoms with Gasteiger partial charge in [-0.05, 0) is 50.0 Å². The molecule has 1 heterocycles. The Hall–Kier alpha value is -1.09. The number of nitrogens with one attached hydrogen (secondary N) is 1. The lowest BCUT2D eigenvalue weighted by Crippen LogP contribution is -2.29. The molecule has 2 saturated carbocycles. The van der Waals surface area contributed by atoms with E-state index in [0.717, 1.165) is 31.3 Å². The summed E-state index contributed by atoms with van der Waals surface area (Å²) in [6, 6.07) is 4.85. The van der Waals surface area contributed by atoms with Crippen molar-refractivity contribution in [3.63, 3.8) is 0 Å². The normalized spacial score (nSPS) is 22.7. The van der Waals surface area contributed by atoms with Gasteiger partial charge in [0.2, 0.25) is 5.88 Å². The molecule has 20 heavy (non-hydrogen) atoms. The Kier molecular flexibility index (Phi) is 3.97. The molecule has 3 heteroatoms. The Balaban J connectivity index is 1.58. The minimum absolute atomic E-state index is 0.345. The number of hydrogen-bond donors (Lipinski definition) is 1. The van der Waals surface area contributed by atoms with E-state index in [9.17, 15) is 0 Å². The van der Waals surface area contributed by atoms with Gasteiger partial charge in [0.05, 0.1) is 0 Å². The van der Waals surface area contributed by atoms with Gasteiger partial charge in [-0.1, -0.05) is 19.9 Å². The van der Waals surface area contributed by atoms with Crippen molar-refractivity contribution in [1.29, 1.82) is 0 Å². The van der Waals surface area contributed by atoms with E-state index in [1.54, 1.807) is 0 Å². The van der Waals surface area contributed by atoms with E-state index in [-0.39, 0.29) is 0 Å². The van der Waals surface area contributed by atoms with Crippen molar-refractivity contribution in [2.75, 3.05) is 0 Å². The third-order valence-corrected chi connectivity index (χ3v) is 4.57. The lowest BCUT2D eigenvalue weighted by molar-refractivity contribution is 0.0938. The highest BCUT2D eigenvalue weighted by Crippen LogP contribution is 2.36. The molecule has 0 amide bonds. The summed E-state index contributed by atoms with van der Waals surface area (Å²) in [6.07, 6.45) is 9.61. The Morgan fingerprint density at radius 2 is 2.00 bits per heavy atom. The van der Waals surface area contributed by atoms with Gasteiger partial charge in [0.15, 0.2) is 0 Å². The lowest BCUT2D eigenvalue weighted by Gasteiger charge is -2.34. The van der Waals surface area contributed by atoms with Crippen molar-refractivity contribution >= 4 is 0 Å². The Labute approximate surface area is 122 Å². The zero-order valence-corrected chi connectivity index (χ0v) is 12.7. The van der Waals surface area contributed by atoms with E-state index in [1.165, 1.54) is 31.2 Å². The van der Waals surface area contributed by atoms with Gasteiger partial charge in [0.1, 0.15) is 6.10 Å². The van der Waals surface area contributed by atoms with Crippen LogP contribution in [0.15, 0.2) is 18.3 Å². The lowest BCUT2D eigenvalue weighted by atomic mass is 9.76. The van der Waals surface area contributed by atoms with Gasteiger partial charge < -0.3 is 10.1 Å². The molecule has 0 atom stereocenters. The second kappa shape index (κ2) is 5.72. The maximum Gasteiger partial charge on any atom is 0.218 e. The molecule has 0 aliphatic heterocycles. The van der Waals surface area contributed by atoms with Crippen molar-refractivity contribution in [2.45, 2.75) is 71.1 Å². The first-order valence-electron chi connectivity index (χ1n) is 7.96. The van der Waals surface area contributed by atoms with Crippen LogP contribution in [0.4, 0.5) is 0 Å². The highest BCUT2D eigenvalue weighted by atomic mass is 16.5. The summed E-state index contributed by atoms with van der Waals surface area (Å²) in [6.45, 7) is 5.59. The summed E-state index contributed by atoms with van der Waals surface area (Å²) in [5.74, 6) is 0.838. The summed E-state index contributed by atoms with van der Waals surface area (Å²) in [7, 11) is 0.